The molecule has 4 rings (SSSR count). The number of ether oxygens (including phenoxy) is 2. The molecule has 7 nitrogen and oxygen atoms in total. The van der Waals surface area contributed by atoms with Crippen molar-refractivity contribution in [3.05, 3.63) is 77.6 Å². The summed E-state index contributed by atoms with van der Waals surface area (Å²) in [6.07, 6.45) is 1.92. The number of thiocarbonyl (C=S) groups is 1. The molecule has 2 heterocycles. The Balaban J connectivity index is 1.89. The predicted octanol–water partition coefficient (Wildman–Crippen LogP) is 3.90. The zero-order valence-corrected chi connectivity index (χ0v) is 18.9. The summed E-state index contributed by atoms with van der Waals surface area (Å²) in [5, 5.41) is 11.6. The largest absolute Gasteiger partial charge is 0.497 e. The van der Waals surface area contributed by atoms with E-state index >= 15 is 0 Å². The van der Waals surface area contributed by atoms with Crippen LogP contribution in [0.5, 0.6) is 5.75 Å². The van der Waals surface area contributed by atoms with Gasteiger partial charge < -0.3 is 20.1 Å². The first kappa shape index (κ1) is 21.6. The zero-order chi connectivity index (χ0) is 22.7. The maximum absolute atomic E-state index is 12.9. The van der Waals surface area contributed by atoms with Gasteiger partial charge >= 0.3 is 5.97 Å². The highest BCUT2D eigenvalue weighted by molar-refractivity contribution is 7.80. The van der Waals surface area contributed by atoms with Gasteiger partial charge in [-0.3, -0.25) is 0 Å². The van der Waals surface area contributed by atoms with Crippen molar-refractivity contribution in [2.45, 2.75) is 19.9 Å². The molecule has 1 atom stereocenters. The molecule has 8 heteroatoms. The van der Waals surface area contributed by atoms with Crippen molar-refractivity contribution in [3.8, 4) is 22.7 Å². The standard InChI is InChI=1S/C24H24N4O3S/c1-4-31-23(29)20-15(2)25-24(32)26-22(20)19-14-28(17-8-6-5-7-9-17)27-21(19)16-10-12-18(30-3)13-11-16/h5-14,22H,4H2,1-3H3,(H2,25,26,32)/t22-/m1/s1. The van der Waals surface area contributed by atoms with Crippen molar-refractivity contribution in [1.29, 1.82) is 0 Å². The number of para-hydroxylation sites is 1. The Labute approximate surface area is 192 Å². The van der Waals surface area contributed by atoms with Crippen LogP contribution in [0.2, 0.25) is 0 Å². The molecule has 3 aromatic rings. The highest BCUT2D eigenvalue weighted by atomic mass is 32.1. The van der Waals surface area contributed by atoms with Crippen LogP contribution in [0.4, 0.5) is 0 Å². The molecule has 0 spiro atoms. The van der Waals surface area contributed by atoms with Crippen LogP contribution in [-0.4, -0.2) is 34.6 Å². The number of benzene rings is 2. The monoisotopic (exact) mass is 448 g/mol. The van der Waals surface area contributed by atoms with Gasteiger partial charge in [-0.2, -0.15) is 5.10 Å². The zero-order valence-electron chi connectivity index (χ0n) is 18.1. The topological polar surface area (TPSA) is 77.4 Å². The number of nitrogens with zero attached hydrogens (tertiary/aromatic N) is 2. The Morgan fingerprint density at radius 2 is 1.88 bits per heavy atom. The van der Waals surface area contributed by atoms with E-state index in [0.717, 1.165) is 28.3 Å². The average molecular weight is 449 g/mol. The van der Waals surface area contributed by atoms with Crippen molar-refractivity contribution in [2.24, 2.45) is 0 Å². The van der Waals surface area contributed by atoms with Crippen molar-refractivity contribution >= 4 is 23.3 Å². The lowest BCUT2D eigenvalue weighted by Crippen LogP contribution is -2.45. The Hall–Kier alpha value is -3.65. The van der Waals surface area contributed by atoms with Crippen molar-refractivity contribution in [2.75, 3.05) is 13.7 Å². The number of methoxy groups -OCH3 is 1. The number of rotatable bonds is 6. The number of nitrogens with one attached hydrogen (secondary N) is 2. The molecular formula is C24H24N4O3S. The third-order valence-electron chi connectivity index (χ3n) is 5.20. The minimum Gasteiger partial charge on any atom is -0.497 e. The molecule has 0 bridgehead atoms. The molecule has 1 aliphatic heterocycles. The molecule has 0 fully saturated rings. The number of esters is 1. The molecule has 0 saturated carbocycles. The van der Waals surface area contributed by atoms with Gasteiger partial charge in [-0.1, -0.05) is 18.2 Å². The van der Waals surface area contributed by atoms with Crippen molar-refractivity contribution in [1.82, 2.24) is 20.4 Å². The summed E-state index contributed by atoms with van der Waals surface area (Å²) in [4.78, 5) is 12.9. The third kappa shape index (κ3) is 4.22. The second-order valence-electron chi connectivity index (χ2n) is 7.23. The van der Waals surface area contributed by atoms with E-state index < -0.39 is 12.0 Å². The molecule has 0 aliphatic carbocycles. The molecule has 2 aromatic carbocycles. The lowest BCUT2D eigenvalue weighted by molar-refractivity contribution is -0.139. The van der Waals surface area contributed by atoms with E-state index in [9.17, 15) is 4.79 Å². The van der Waals surface area contributed by atoms with Gasteiger partial charge in [0.1, 0.15) is 5.75 Å². The first-order valence-corrected chi connectivity index (χ1v) is 10.7. The van der Waals surface area contributed by atoms with Gasteiger partial charge in [-0.05, 0) is 62.5 Å². The van der Waals surface area contributed by atoms with Crippen LogP contribution in [0.15, 0.2) is 72.1 Å². The SMILES string of the molecule is CCOC(=O)C1=C(C)NC(=S)N[C@@H]1c1cn(-c2ccccc2)nc1-c1ccc(OC)cc1. The fourth-order valence-corrected chi connectivity index (χ4v) is 3.96. The van der Waals surface area contributed by atoms with Gasteiger partial charge in [-0.25, -0.2) is 9.48 Å². The van der Waals surface area contributed by atoms with Crippen LogP contribution < -0.4 is 15.4 Å². The molecule has 0 radical (unpaired) electrons. The van der Waals surface area contributed by atoms with Crippen LogP contribution in [0.3, 0.4) is 0 Å². The molecule has 164 valence electrons. The smallest absolute Gasteiger partial charge is 0.338 e. The molecule has 32 heavy (non-hydrogen) atoms. The molecule has 2 N–H and O–H groups in total. The van der Waals surface area contributed by atoms with E-state index in [1.807, 2.05) is 67.7 Å². The van der Waals surface area contributed by atoms with Gasteiger partial charge in [0, 0.05) is 23.0 Å². The summed E-state index contributed by atoms with van der Waals surface area (Å²) in [5.74, 6) is 0.354. The Bertz CT molecular complexity index is 1170. The Morgan fingerprint density at radius 3 is 2.53 bits per heavy atom. The van der Waals surface area contributed by atoms with Crippen molar-refractivity contribution < 1.29 is 14.3 Å². The molecule has 0 amide bonds. The van der Waals surface area contributed by atoms with Crippen molar-refractivity contribution in [3.63, 3.8) is 0 Å². The summed E-state index contributed by atoms with van der Waals surface area (Å²) in [6, 6.07) is 17.0. The molecule has 1 aromatic heterocycles. The van der Waals surface area contributed by atoms with Gasteiger partial charge in [-0.15, -0.1) is 0 Å². The number of hydrogen-bond donors (Lipinski definition) is 2. The van der Waals surface area contributed by atoms with Gasteiger partial charge in [0.05, 0.1) is 36.7 Å². The van der Waals surface area contributed by atoms with Crippen LogP contribution in [0.1, 0.15) is 25.5 Å². The van der Waals surface area contributed by atoms with Gasteiger partial charge in [0.25, 0.3) is 0 Å². The first-order valence-electron chi connectivity index (χ1n) is 10.3. The number of allylic oxidation sites excluding steroid dienone is 1. The predicted molar refractivity (Wildman–Crippen MR) is 126 cm³/mol. The highest BCUT2D eigenvalue weighted by Crippen LogP contribution is 2.35. The van der Waals surface area contributed by atoms with Crippen LogP contribution >= 0.6 is 12.2 Å². The van der Waals surface area contributed by atoms with Gasteiger partial charge in [0.2, 0.25) is 0 Å². The lowest BCUT2D eigenvalue weighted by Gasteiger charge is -2.29. The molecule has 0 unspecified atom stereocenters. The molecule has 0 saturated heterocycles. The minimum atomic E-state index is -0.516. The Kier molecular flexibility index (Phi) is 6.23. The minimum absolute atomic E-state index is 0.279. The summed E-state index contributed by atoms with van der Waals surface area (Å²) < 4.78 is 12.4. The maximum atomic E-state index is 12.9. The third-order valence-corrected chi connectivity index (χ3v) is 5.42. The second kappa shape index (κ2) is 9.23. The summed E-state index contributed by atoms with van der Waals surface area (Å²) in [6.45, 7) is 3.88. The molecular weight excluding hydrogens is 424 g/mol. The fourth-order valence-electron chi connectivity index (χ4n) is 3.69. The number of hydrogen-bond acceptors (Lipinski definition) is 5. The van der Waals surface area contributed by atoms with Crippen LogP contribution in [0, 0.1) is 0 Å². The van der Waals surface area contributed by atoms with E-state index in [-0.39, 0.29) is 6.61 Å². The maximum Gasteiger partial charge on any atom is 0.338 e. The van der Waals surface area contributed by atoms with E-state index in [2.05, 4.69) is 10.6 Å². The van der Waals surface area contributed by atoms with E-state index in [0.29, 0.717) is 16.4 Å². The summed E-state index contributed by atoms with van der Waals surface area (Å²) >= 11 is 5.40. The first-order chi connectivity index (χ1) is 15.5. The summed E-state index contributed by atoms with van der Waals surface area (Å²) in [7, 11) is 1.63. The van der Waals surface area contributed by atoms with E-state index in [4.69, 9.17) is 26.8 Å². The number of carbonyl (C=O) groups excluding carboxylic acids is 1. The molecule has 1 aliphatic rings. The number of carbonyl (C=O) groups is 1. The van der Waals surface area contributed by atoms with Gasteiger partial charge in [0.15, 0.2) is 5.11 Å². The average Bonchev–Trinajstić information content (AvgIpc) is 3.25. The fraction of sp³-hybridized carbons (Fsp3) is 0.208. The van der Waals surface area contributed by atoms with Crippen LogP contribution in [-0.2, 0) is 9.53 Å². The number of aromatic nitrogens is 2. The second-order valence-corrected chi connectivity index (χ2v) is 7.64. The van der Waals surface area contributed by atoms with E-state index in [1.54, 1.807) is 18.7 Å². The summed E-state index contributed by atoms with van der Waals surface area (Å²) in [5.41, 5.74) is 4.47. The quantitative estimate of drug-likeness (QED) is 0.437. The lowest BCUT2D eigenvalue weighted by atomic mass is 9.94. The highest BCUT2D eigenvalue weighted by Gasteiger charge is 2.34. The Morgan fingerprint density at radius 1 is 1.16 bits per heavy atom. The normalized spacial score (nSPS) is 15.7. The van der Waals surface area contributed by atoms with Crippen LogP contribution in [0.25, 0.3) is 16.9 Å². The van der Waals surface area contributed by atoms with E-state index in [1.165, 1.54) is 0 Å².